The van der Waals surface area contributed by atoms with Crippen molar-refractivity contribution >= 4 is 17.8 Å². The van der Waals surface area contributed by atoms with Gasteiger partial charge < -0.3 is 39.8 Å². The number of nitrogens with one attached hydrogen (secondary N) is 2. The molecule has 1 unspecified atom stereocenters. The Kier molecular flexibility index (Phi) is 8.98. The van der Waals surface area contributed by atoms with Crippen LogP contribution in [0.25, 0.3) is 0 Å². The van der Waals surface area contributed by atoms with E-state index in [0.717, 1.165) is 16.7 Å². The molecule has 2 amide bonds. The second kappa shape index (κ2) is 12.8. The van der Waals surface area contributed by atoms with Crippen LogP contribution in [0.2, 0.25) is 0 Å². The number of ether oxygens (including phenoxy) is 4. The summed E-state index contributed by atoms with van der Waals surface area (Å²) in [4.78, 5) is 42.4. The largest absolute Gasteiger partial charge is 0.504 e. The number of phenolic OH excluding ortho intramolecular Hbond substituents is 1. The number of hydrogen-bond acceptors (Lipinski definition) is 11. The number of hydrogen-bond donors (Lipinski definition) is 4. The number of rotatable bonds is 8. The van der Waals surface area contributed by atoms with E-state index >= 15 is 0 Å². The van der Waals surface area contributed by atoms with E-state index in [0.29, 0.717) is 59.0 Å². The van der Waals surface area contributed by atoms with Gasteiger partial charge in [-0.25, -0.2) is 0 Å². The molecule has 13 nitrogen and oxygen atoms in total. The van der Waals surface area contributed by atoms with Crippen molar-refractivity contribution in [2.45, 2.75) is 97.2 Å². The van der Waals surface area contributed by atoms with E-state index in [2.05, 4.69) is 15.5 Å². The maximum atomic E-state index is 13.4. The summed E-state index contributed by atoms with van der Waals surface area (Å²) in [6.45, 7) is 10.5. The van der Waals surface area contributed by atoms with Crippen LogP contribution in [0, 0.1) is 19.8 Å². The SMILES string of the molecule is COc1c(C)cc2c(c1O)[C@@H]1C3Cc4c(OC(C)=O)c(C)c5c(c4[C@H](CNC(=O)[C@@H](C)NC(=O)CC(C)C)N3[C@@H](O)[C@H](C2)N1C)OCO5. The minimum Gasteiger partial charge on any atom is -0.504 e. The molecule has 0 spiro atoms. The lowest BCUT2D eigenvalue weighted by molar-refractivity contribution is -0.172. The smallest absolute Gasteiger partial charge is 0.308 e. The number of esters is 1. The van der Waals surface area contributed by atoms with Gasteiger partial charge in [-0.15, -0.1) is 0 Å². The van der Waals surface area contributed by atoms with Gasteiger partial charge in [0.15, 0.2) is 23.0 Å². The van der Waals surface area contributed by atoms with E-state index in [1.807, 2.05) is 45.7 Å². The minimum atomic E-state index is -0.983. The van der Waals surface area contributed by atoms with Gasteiger partial charge in [0.05, 0.1) is 25.2 Å². The number of carbonyl (C=O) groups excluding carboxylic acids is 3. The molecule has 4 heterocycles. The predicted molar refractivity (Wildman–Crippen MR) is 174 cm³/mol. The van der Waals surface area contributed by atoms with Crippen LogP contribution < -0.4 is 29.6 Å². The van der Waals surface area contributed by atoms with Crippen LogP contribution in [0.5, 0.6) is 28.7 Å². The molecule has 6 atom stereocenters. The molecule has 1 fully saturated rings. The summed E-state index contributed by atoms with van der Waals surface area (Å²) < 4.78 is 23.4. The fraction of sp³-hybridized carbons (Fsp3) is 0.571. The Morgan fingerprint density at radius 1 is 1.06 bits per heavy atom. The van der Waals surface area contributed by atoms with Gasteiger partial charge in [0, 0.05) is 48.2 Å². The highest BCUT2D eigenvalue weighted by atomic mass is 16.7. The van der Waals surface area contributed by atoms with Gasteiger partial charge in [-0.05, 0) is 57.7 Å². The topological polar surface area (TPSA) is 159 Å². The maximum absolute atomic E-state index is 13.4. The van der Waals surface area contributed by atoms with Crippen molar-refractivity contribution in [3.63, 3.8) is 0 Å². The number of phenols is 1. The van der Waals surface area contributed by atoms with E-state index in [1.165, 1.54) is 14.0 Å². The van der Waals surface area contributed by atoms with Crippen molar-refractivity contribution < 1.29 is 43.5 Å². The van der Waals surface area contributed by atoms with Crippen molar-refractivity contribution in [1.82, 2.24) is 20.4 Å². The Labute approximate surface area is 280 Å². The lowest BCUT2D eigenvalue weighted by Gasteiger charge is -2.60. The first-order valence-electron chi connectivity index (χ1n) is 16.5. The molecule has 0 radical (unpaired) electrons. The van der Waals surface area contributed by atoms with E-state index in [4.69, 9.17) is 18.9 Å². The summed E-state index contributed by atoms with van der Waals surface area (Å²) in [5.74, 6) is 0.770. The number of nitrogens with zero attached hydrogens (tertiary/aromatic N) is 2. The lowest BCUT2D eigenvalue weighted by atomic mass is 9.73. The van der Waals surface area contributed by atoms with Gasteiger partial charge in [0.1, 0.15) is 18.0 Å². The fourth-order valence-electron chi connectivity index (χ4n) is 8.21. The predicted octanol–water partition coefficient (Wildman–Crippen LogP) is 2.54. The number of fused-ring (bicyclic) bond motifs is 9. The number of benzene rings is 2. The minimum absolute atomic E-state index is 0.0372. The van der Waals surface area contributed by atoms with Gasteiger partial charge in [-0.1, -0.05) is 19.9 Å². The first-order chi connectivity index (χ1) is 22.7. The zero-order valence-corrected chi connectivity index (χ0v) is 28.8. The molecule has 6 rings (SSSR count). The van der Waals surface area contributed by atoms with Crippen LogP contribution in [0.4, 0.5) is 0 Å². The normalized spacial score (nSPS) is 24.7. The Balaban J connectivity index is 1.48. The third-order valence-electron chi connectivity index (χ3n) is 10.2. The van der Waals surface area contributed by atoms with Crippen molar-refractivity contribution in [2.75, 3.05) is 27.5 Å². The molecular weight excluding hydrogens is 620 g/mol. The molecule has 0 aromatic heterocycles. The van der Waals surface area contributed by atoms with Crippen molar-refractivity contribution in [1.29, 1.82) is 0 Å². The molecule has 4 aliphatic rings. The summed E-state index contributed by atoms with van der Waals surface area (Å²) in [7, 11) is 3.47. The summed E-state index contributed by atoms with van der Waals surface area (Å²) in [6.07, 6.45) is 0.116. The lowest BCUT2D eigenvalue weighted by Crippen LogP contribution is -2.69. The summed E-state index contributed by atoms with van der Waals surface area (Å²) in [6, 6.07) is -0.621. The molecular formula is C35H46N4O9. The highest BCUT2D eigenvalue weighted by Crippen LogP contribution is 2.58. The number of aromatic hydroxyl groups is 1. The Hall–Kier alpha value is -4.07. The number of likely N-dealkylation sites (N-methyl/N-ethyl adjacent to an activating group) is 1. The number of methoxy groups -OCH3 is 1. The monoisotopic (exact) mass is 666 g/mol. The van der Waals surface area contributed by atoms with Crippen LogP contribution in [0.1, 0.15) is 79.6 Å². The van der Waals surface area contributed by atoms with Crippen LogP contribution in [0.15, 0.2) is 6.07 Å². The summed E-state index contributed by atoms with van der Waals surface area (Å²) >= 11 is 0. The third-order valence-corrected chi connectivity index (χ3v) is 10.2. The zero-order chi connectivity index (χ0) is 34.8. The number of piperazine rings is 1. The molecule has 2 aromatic carbocycles. The van der Waals surface area contributed by atoms with Crippen molar-refractivity contribution in [3.05, 3.63) is 39.4 Å². The fourth-order valence-corrected chi connectivity index (χ4v) is 8.21. The Morgan fingerprint density at radius 3 is 2.44 bits per heavy atom. The number of aliphatic hydroxyl groups is 1. The molecule has 4 N–H and O–H groups in total. The number of aryl methyl sites for hydroxylation is 1. The first kappa shape index (κ1) is 33.8. The first-order valence-corrected chi connectivity index (χ1v) is 16.5. The molecule has 48 heavy (non-hydrogen) atoms. The highest BCUT2D eigenvalue weighted by molar-refractivity contribution is 5.87. The maximum Gasteiger partial charge on any atom is 0.308 e. The number of amides is 2. The second-order valence-corrected chi connectivity index (χ2v) is 13.8. The molecule has 1 saturated heterocycles. The molecule has 2 aromatic rings. The molecule has 0 aliphatic carbocycles. The van der Waals surface area contributed by atoms with Crippen LogP contribution >= 0.6 is 0 Å². The van der Waals surface area contributed by atoms with Gasteiger partial charge >= 0.3 is 5.97 Å². The zero-order valence-electron chi connectivity index (χ0n) is 28.8. The number of aliphatic hydroxyl groups excluding tert-OH is 1. The van der Waals surface area contributed by atoms with Crippen LogP contribution in [-0.4, -0.2) is 89.6 Å². The van der Waals surface area contributed by atoms with Gasteiger partial charge in [0.25, 0.3) is 0 Å². The Morgan fingerprint density at radius 2 is 1.77 bits per heavy atom. The third kappa shape index (κ3) is 5.51. The van der Waals surface area contributed by atoms with Crippen LogP contribution in [0.3, 0.4) is 0 Å². The van der Waals surface area contributed by atoms with E-state index in [9.17, 15) is 24.6 Å². The van der Waals surface area contributed by atoms with Gasteiger partial charge in [-0.3, -0.25) is 24.2 Å². The van der Waals surface area contributed by atoms with Gasteiger partial charge in [-0.2, -0.15) is 0 Å². The molecule has 4 aliphatic heterocycles. The Bertz CT molecular complexity index is 1660. The quantitative estimate of drug-likeness (QED) is 0.242. The average molecular weight is 667 g/mol. The average Bonchev–Trinajstić information content (AvgIpc) is 3.50. The van der Waals surface area contributed by atoms with Crippen molar-refractivity contribution in [2.24, 2.45) is 5.92 Å². The van der Waals surface area contributed by atoms with E-state index < -0.39 is 36.4 Å². The summed E-state index contributed by atoms with van der Waals surface area (Å²) in [5.41, 5.74) is 4.42. The second-order valence-electron chi connectivity index (χ2n) is 13.8. The number of carbonyl (C=O) groups is 3. The van der Waals surface area contributed by atoms with E-state index in [1.54, 1.807) is 6.92 Å². The summed E-state index contributed by atoms with van der Waals surface area (Å²) in [5, 5.41) is 29.6. The molecule has 0 saturated carbocycles. The van der Waals surface area contributed by atoms with E-state index in [-0.39, 0.29) is 42.9 Å². The van der Waals surface area contributed by atoms with Crippen molar-refractivity contribution in [3.8, 4) is 28.7 Å². The van der Waals surface area contributed by atoms with Gasteiger partial charge in [0.2, 0.25) is 18.6 Å². The molecule has 2 bridgehead atoms. The highest BCUT2D eigenvalue weighted by Gasteiger charge is 2.56. The standard InChI is InChI=1S/C35H46N4O9/c1-15(2)9-25(41)37-18(5)34(43)36-13-24-27-21(31(48-19(6)40)17(4)32-33(27)47-14-46-32)12-22-28-26-20(10-16(3)30(45-8)29(26)42)11-23(38(28)7)35(44)39(22)24/h10,15,18,22-24,28,35,42,44H,9,11-14H2,1-8H3,(H,36,43)(H,37,41)/t18-,22?,23+,24+,28+,35+/m1/s1. The van der Waals surface area contributed by atoms with Crippen LogP contribution in [-0.2, 0) is 27.2 Å². The molecule has 13 heteroatoms. The molecule has 260 valence electrons.